The van der Waals surface area contributed by atoms with Crippen molar-refractivity contribution < 1.29 is 23.2 Å². The second-order valence-electron chi connectivity index (χ2n) is 6.05. The lowest BCUT2D eigenvalue weighted by atomic mass is 10.2. The maximum absolute atomic E-state index is 12.9. The van der Waals surface area contributed by atoms with Gasteiger partial charge < -0.3 is 9.05 Å². The number of carbonyl (C=O) groups is 2. The van der Waals surface area contributed by atoms with E-state index in [0.29, 0.717) is 34.4 Å². The summed E-state index contributed by atoms with van der Waals surface area (Å²) >= 11 is 5.58. The van der Waals surface area contributed by atoms with Crippen LogP contribution in [0.5, 0.6) is 0 Å². The fourth-order valence-corrected chi connectivity index (χ4v) is 6.24. The summed E-state index contributed by atoms with van der Waals surface area (Å²) < 4.78 is 24.1. The topological polar surface area (TPSA) is 69.7 Å². The first-order valence-corrected chi connectivity index (χ1v) is 14.2. The molecule has 0 saturated heterocycles. The largest absolute Gasteiger partial charge is 0.330 e. The summed E-state index contributed by atoms with van der Waals surface area (Å²) in [6, 6.07) is 18.0. The molecule has 0 heterocycles. The number of rotatable bonds is 13. The molecule has 162 valence electrons. The lowest BCUT2D eigenvalue weighted by Crippen LogP contribution is -2.07. The highest BCUT2D eigenvalue weighted by Gasteiger charge is 2.24. The lowest BCUT2D eigenvalue weighted by molar-refractivity contribution is 0.108. The summed E-state index contributed by atoms with van der Waals surface area (Å²) in [7, 11) is -3.28. The predicted molar refractivity (Wildman–Crippen MR) is 129 cm³/mol. The van der Waals surface area contributed by atoms with Gasteiger partial charge in [-0.25, -0.2) is 0 Å². The van der Waals surface area contributed by atoms with Crippen LogP contribution in [0.2, 0.25) is 0 Å². The molecule has 0 spiro atoms. The molecule has 0 atom stereocenters. The molecule has 2 rings (SSSR count). The summed E-state index contributed by atoms with van der Waals surface area (Å²) in [5.74, 6) is 0.771. The molecule has 2 aromatic carbocycles. The molecule has 0 aliphatic heterocycles. The Kier molecular flexibility index (Phi) is 12.0. The van der Waals surface area contributed by atoms with E-state index in [4.69, 9.17) is 9.05 Å². The Balaban J connectivity index is 1.73. The van der Waals surface area contributed by atoms with Gasteiger partial charge in [0.25, 0.3) is 0 Å². The van der Waals surface area contributed by atoms with Crippen LogP contribution in [0, 0.1) is 0 Å². The van der Waals surface area contributed by atoms with Gasteiger partial charge in [0.15, 0.2) is 0 Å². The van der Waals surface area contributed by atoms with E-state index in [1.807, 2.05) is 36.4 Å². The van der Waals surface area contributed by atoms with Crippen molar-refractivity contribution in [1.29, 1.82) is 0 Å². The monoisotopic (exact) mass is 530 g/mol. The quantitative estimate of drug-likeness (QED) is 0.175. The van der Waals surface area contributed by atoms with Crippen molar-refractivity contribution in [3.63, 3.8) is 0 Å². The summed E-state index contributed by atoms with van der Waals surface area (Å²) in [4.78, 5) is 24.2. The van der Waals surface area contributed by atoms with Gasteiger partial charge in [-0.2, -0.15) is 0 Å². The second kappa shape index (κ2) is 14.2. The van der Waals surface area contributed by atoms with E-state index in [9.17, 15) is 14.2 Å². The number of benzene rings is 2. The van der Waals surface area contributed by atoms with E-state index >= 15 is 0 Å². The van der Waals surface area contributed by atoms with Crippen LogP contribution in [0.3, 0.4) is 0 Å². The molecule has 0 saturated carbocycles. The molecule has 9 heteroatoms. The van der Waals surface area contributed by atoms with Gasteiger partial charge in [0, 0.05) is 28.0 Å². The molecular weight excluding hydrogens is 507 g/mol. The van der Waals surface area contributed by atoms with Gasteiger partial charge >= 0.3 is 7.60 Å². The normalized spacial score (nSPS) is 11.4. The zero-order valence-electron chi connectivity index (χ0n) is 16.4. The van der Waals surface area contributed by atoms with Crippen LogP contribution in [0.4, 0.5) is 0 Å². The van der Waals surface area contributed by atoms with Gasteiger partial charge in [0.1, 0.15) is 0 Å². The maximum Gasteiger partial charge on any atom is 0.330 e. The molecule has 0 amide bonds. The molecule has 0 aromatic heterocycles. The Morgan fingerprint density at radius 2 is 1.23 bits per heavy atom. The Labute approximate surface area is 194 Å². The van der Waals surface area contributed by atoms with Crippen molar-refractivity contribution in [3.05, 3.63) is 71.8 Å². The standard InChI is InChI=1S/C21H24BrO5PS2/c22-12-7-15-28(25,26-13-16-29-20(23)18-8-3-1-4-9-18)27-14-17-30-21(24)19-10-5-2-6-11-19/h1-6,8-11H,7,12-17H2. The molecule has 0 bridgehead atoms. The minimum Gasteiger partial charge on any atom is -0.308 e. The molecule has 2 aromatic rings. The van der Waals surface area contributed by atoms with E-state index in [-0.39, 0.29) is 29.6 Å². The van der Waals surface area contributed by atoms with E-state index < -0.39 is 7.60 Å². The van der Waals surface area contributed by atoms with Gasteiger partial charge in [0.05, 0.1) is 19.4 Å². The highest BCUT2D eigenvalue weighted by atomic mass is 79.9. The minimum absolute atomic E-state index is 0.0498. The summed E-state index contributed by atoms with van der Waals surface area (Å²) in [6.45, 7) is 0.303. The fourth-order valence-electron chi connectivity index (χ4n) is 2.36. The SMILES string of the molecule is O=C(SCCOP(=O)(CCCBr)OCCSC(=O)c1ccccc1)c1ccccc1. The Hall–Kier alpha value is -0.890. The smallest absolute Gasteiger partial charge is 0.308 e. The van der Waals surface area contributed by atoms with Crippen molar-refractivity contribution in [1.82, 2.24) is 0 Å². The number of halogens is 1. The minimum atomic E-state index is -3.28. The van der Waals surface area contributed by atoms with Crippen molar-refractivity contribution in [2.45, 2.75) is 6.42 Å². The molecule has 0 unspecified atom stereocenters. The third-order valence-corrected chi connectivity index (χ3v) is 8.11. The van der Waals surface area contributed by atoms with E-state index in [1.54, 1.807) is 24.3 Å². The average Bonchev–Trinajstić information content (AvgIpc) is 2.79. The molecule has 0 fully saturated rings. The number of hydrogen-bond acceptors (Lipinski definition) is 7. The van der Waals surface area contributed by atoms with Crippen molar-refractivity contribution in [2.75, 3.05) is 36.2 Å². The predicted octanol–water partition coefficient (Wildman–Crippen LogP) is 6.14. The Morgan fingerprint density at radius 3 is 1.63 bits per heavy atom. The zero-order chi connectivity index (χ0) is 21.7. The summed E-state index contributed by atoms with van der Waals surface area (Å²) in [6.07, 6.45) is 0.927. The summed E-state index contributed by atoms with van der Waals surface area (Å²) in [5.41, 5.74) is 1.25. The molecule has 0 radical (unpaired) electrons. The van der Waals surface area contributed by atoms with Crippen LogP contribution in [-0.4, -0.2) is 46.4 Å². The van der Waals surface area contributed by atoms with Crippen LogP contribution in [0.1, 0.15) is 27.1 Å². The van der Waals surface area contributed by atoms with Crippen LogP contribution < -0.4 is 0 Å². The molecule has 30 heavy (non-hydrogen) atoms. The number of hydrogen-bond donors (Lipinski definition) is 0. The van der Waals surface area contributed by atoms with Gasteiger partial charge in [0.2, 0.25) is 10.2 Å². The molecular formula is C21H24BrO5PS2. The third kappa shape index (κ3) is 9.50. The van der Waals surface area contributed by atoms with Gasteiger partial charge in [-0.3, -0.25) is 14.2 Å². The van der Waals surface area contributed by atoms with Crippen molar-refractivity contribution >= 4 is 57.3 Å². The molecule has 0 N–H and O–H groups in total. The Morgan fingerprint density at radius 1 is 0.800 bits per heavy atom. The first-order chi connectivity index (χ1) is 14.5. The average molecular weight is 531 g/mol. The molecule has 5 nitrogen and oxygen atoms in total. The molecule has 0 aliphatic rings. The fraction of sp³-hybridized carbons (Fsp3) is 0.333. The van der Waals surface area contributed by atoms with Gasteiger partial charge in [-0.15, -0.1) is 0 Å². The van der Waals surface area contributed by atoms with E-state index in [2.05, 4.69) is 15.9 Å². The number of carbonyl (C=O) groups excluding carboxylic acids is 2. The van der Waals surface area contributed by atoms with Gasteiger partial charge in [-0.05, 0) is 6.42 Å². The Bertz CT molecular complexity index is 772. The van der Waals surface area contributed by atoms with Crippen molar-refractivity contribution in [3.8, 4) is 0 Å². The first-order valence-electron chi connectivity index (χ1n) is 9.42. The van der Waals surface area contributed by atoms with Crippen LogP contribution in [-0.2, 0) is 13.6 Å². The maximum atomic E-state index is 12.9. The summed E-state index contributed by atoms with van der Waals surface area (Å²) in [5, 5.41) is 0.587. The van der Waals surface area contributed by atoms with Crippen LogP contribution in [0.25, 0.3) is 0 Å². The van der Waals surface area contributed by atoms with Gasteiger partial charge in [-0.1, -0.05) is 100 Å². The van der Waals surface area contributed by atoms with Crippen molar-refractivity contribution in [2.24, 2.45) is 0 Å². The highest BCUT2D eigenvalue weighted by molar-refractivity contribution is 9.09. The molecule has 0 aliphatic carbocycles. The van der Waals surface area contributed by atoms with E-state index in [1.165, 1.54) is 0 Å². The lowest BCUT2D eigenvalue weighted by Gasteiger charge is -2.18. The third-order valence-electron chi connectivity index (χ3n) is 3.79. The van der Waals surface area contributed by atoms with Crippen LogP contribution >= 0.6 is 47.0 Å². The highest BCUT2D eigenvalue weighted by Crippen LogP contribution is 2.49. The number of thioether (sulfide) groups is 2. The van der Waals surface area contributed by atoms with E-state index in [0.717, 1.165) is 23.5 Å². The number of alkyl halides is 1. The second-order valence-corrected chi connectivity index (χ2v) is 11.2. The van der Waals surface area contributed by atoms with Crippen LogP contribution in [0.15, 0.2) is 60.7 Å². The zero-order valence-corrected chi connectivity index (χ0v) is 20.5. The first kappa shape index (κ1) is 25.4.